The van der Waals surface area contributed by atoms with Gasteiger partial charge in [-0.2, -0.15) is 0 Å². The highest BCUT2D eigenvalue weighted by Crippen LogP contribution is 2.18. The monoisotopic (exact) mass is 231 g/mol. The fourth-order valence-corrected chi connectivity index (χ4v) is 1.53. The summed E-state index contributed by atoms with van der Waals surface area (Å²) < 4.78 is 18.8. The Bertz CT molecular complexity index is 485. The third-order valence-corrected chi connectivity index (χ3v) is 2.43. The Kier molecular flexibility index (Phi) is 3.70. The molecule has 88 valence electrons. The molecule has 0 N–H and O–H groups in total. The summed E-state index contributed by atoms with van der Waals surface area (Å²) in [7, 11) is 0. The van der Waals surface area contributed by atoms with Crippen LogP contribution in [0.5, 0.6) is 5.75 Å². The maximum atomic E-state index is 13.4. The van der Waals surface area contributed by atoms with Crippen LogP contribution in [0.3, 0.4) is 0 Å². The molecule has 17 heavy (non-hydrogen) atoms. The van der Waals surface area contributed by atoms with Crippen molar-refractivity contribution in [3.8, 4) is 5.75 Å². The molecular weight excluding hydrogens is 217 g/mol. The Hall–Kier alpha value is -1.90. The smallest absolute Gasteiger partial charge is 0.165 e. The van der Waals surface area contributed by atoms with Crippen molar-refractivity contribution >= 4 is 0 Å². The standard InChI is InChI=1S/C14H14FNO/c1-11-5-6-13(15)14(10-11)17-9-7-12-4-2-3-8-16-12/h2-6,8,10H,7,9H2,1H3. The van der Waals surface area contributed by atoms with Crippen molar-refractivity contribution in [3.63, 3.8) is 0 Å². The average Bonchev–Trinajstić information content (AvgIpc) is 2.35. The first kappa shape index (κ1) is 11.6. The minimum atomic E-state index is -0.323. The molecule has 0 spiro atoms. The second-order valence-corrected chi connectivity index (χ2v) is 3.85. The molecule has 2 rings (SSSR count). The molecule has 0 aliphatic carbocycles. The van der Waals surface area contributed by atoms with Gasteiger partial charge in [0.25, 0.3) is 0 Å². The number of nitrogens with zero attached hydrogens (tertiary/aromatic N) is 1. The van der Waals surface area contributed by atoms with Crippen LogP contribution in [0.15, 0.2) is 42.6 Å². The number of pyridine rings is 1. The molecular formula is C14H14FNO. The molecule has 0 bridgehead atoms. The molecule has 2 aromatic rings. The number of hydrogen-bond donors (Lipinski definition) is 0. The highest BCUT2D eigenvalue weighted by Gasteiger charge is 2.03. The van der Waals surface area contributed by atoms with E-state index in [1.54, 1.807) is 18.3 Å². The van der Waals surface area contributed by atoms with Crippen LogP contribution in [0.4, 0.5) is 4.39 Å². The minimum Gasteiger partial charge on any atom is -0.490 e. The number of hydrogen-bond acceptors (Lipinski definition) is 2. The van der Waals surface area contributed by atoms with Gasteiger partial charge < -0.3 is 4.74 Å². The molecule has 2 nitrogen and oxygen atoms in total. The van der Waals surface area contributed by atoms with Gasteiger partial charge in [0.2, 0.25) is 0 Å². The molecule has 0 saturated carbocycles. The Morgan fingerprint density at radius 1 is 1.24 bits per heavy atom. The third-order valence-electron chi connectivity index (χ3n) is 2.43. The van der Waals surface area contributed by atoms with E-state index in [1.807, 2.05) is 25.1 Å². The third kappa shape index (κ3) is 3.28. The van der Waals surface area contributed by atoms with Crippen LogP contribution in [-0.4, -0.2) is 11.6 Å². The maximum absolute atomic E-state index is 13.4. The summed E-state index contributed by atoms with van der Waals surface area (Å²) in [6.45, 7) is 2.34. The maximum Gasteiger partial charge on any atom is 0.165 e. The molecule has 0 aliphatic heterocycles. The molecule has 0 aliphatic rings. The van der Waals surface area contributed by atoms with Crippen LogP contribution in [0.2, 0.25) is 0 Å². The zero-order valence-electron chi connectivity index (χ0n) is 9.69. The first-order valence-corrected chi connectivity index (χ1v) is 5.54. The number of aryl methyl sites for hydroxylation is 1. The van der Waals surface area contributed by atoms with Crippen molar-refractivity contribution in [1.29, 1.82) is 0 Å². The molecule has 0 radical (unpaired) electrons. The van der Waals surface area contributed by atoms with Gasteiger partial charge >= 0.3 is 0 Å². The number of aromatic nitrogens is 1. The fourth-order valence-electron chi connectivity index (χ4n) is 1.53. The molecule has 1 aromatic heterocycles. The quantitative estimate of drug-likeness (QED) is 0.806. The van der Waals surface area contributed by atoms with E-state index in [0.29, 0.717) is 18.8 Å². The van der Waals surface area contributed by atoms with E-state index >= 15 is 0 Å². The summed E-state index contributed by atoms with van der Waals surface area (Å²) >= 11 is 0. The van der Waals surface area contributed by atoms with Crippen LogP contribution >= 0.6 is 0 Å². The molecule has 0 amide bonds. The van der Waals surface area contributed by atoms with Crippen molar-refractivity contribution in [3.05, 3.63) is 59.7 Å². The van der Waals surface area contributed by atoms with Crippen molar-refractivity contribution in [2.45, 2.75) is 13.3 Å². The van der Waals surface area contributed by atoms with E-state index in [4.69, 9.17) is 4.74 Å². The summed E-state index contributed by atoms with van der Waals surface area (Å²) in [6.07, 6.45) is 2.41. The van der Waals surface area contributed by atoms with E-state index in [1.165, 1.54) is 6.07 Å². The summed E-state index contributed by atoms with van der Waals surface area (Å²) in [4.78, 5) is 4.18. The van der Waals surface area contributed by atoms with Gasteiger partial charge in [0, 0.05) is 18.3 Å². The lowest BCUT2D eigenvalue weighted by Gasteiger charge is -2.07. The normalized spacial score (nSPS) is 10.2. The second-order valence-electron chi connectivity index (χ2n) is 3.85. The molecule has 0 atom stereocenters. The highest BCUT2D eigenvalue weighted by molar-refractivity contribution is 5.29. The predicted octanol–water partition coefficient (Wildman–Crippen LogP) is 3.15. The second kappa shape index (κ2) is 5.43. The minimum absolute atomic E-state index is 0.306. The van der Waals surface area contributed by atoms with E-state index in [-0.39, 0.29) is 5.82 Å². The molecule has 0 unspecified atom stereocenters. The van der Waals surface area contributed by atoms with Crippen LogP contribution < -0.4 is 4.74 Å². The van der Waals surface area contributed by atoms with Crippen molar-refractivity contribution in [2.24, 2.45) is 0 Å². The van der Waals surface area contributed by atoms with Gasteiger partial charge in [0.05, 0.1) is 6.61 Å². The Morgan fingerprint density at radius 2 is 2.12 bits per heavy atom. The first-order chi connectivity index (χ1) is 8.25. The summed E-state index contributed by atoms with van der Waals surface area (Å²) in [6, 6.07) is 10.6. The highest BCUT2D eigenvalue weighted by atomic mass is 19.1. The van der Waals surface area contributed by atoms with E-state index in [0.717, 1.165) is 11.3 Å². The molecule has 3 heteroatoms. The summed E-state index contributed by atoms with van der Waals surface area (Å²) in [5.41, 5.74) is 1.93. The lowest BCUT2D eigenvalue weighted by molar-refractivity contribution is 0.304. The molecule has 0 saturated heterocycles. The van der Waals surface area contributed by atoms with Crippen molar-refractivity contribution in [1.82, 2.24) is 4.98 Å². The van der Waals surface area contributed by atoms with Crippen LogP contribution in [0.25, 0.3) is 0 Å². The molecule has 1 heterocycles. The van der Waals surface area contributed by atoms with Crippen LogP contribution in [-0.2, 0) is 6.42 Å². The summed E-state index contributed by atoms with van der Waals surface area (Å²) in [5, 5.41) is 0. The van der Waals surface area contributed by atoms with Crippen LogP contribution in [0, 0.1) is 12.7 Å². The largest absolute Gasteiger partial charge is 0.490 e. The number of benzene rings is 1. The van der Waals surface area contributed by atoms with Gasteiger partial charge in [-0.3, -0.25) is 4.98 Å². The molecule has 0 fully saturated rings. The lowest BCUT2D eigenvalue weighted by Crippen LogP contribution is -2.04. The van der Waals surface area contributed by atoms with Crippen molar-refractivity contribution < 1.29 is 9.13 Å². The van der Waals surface area contributed by atoms with E-state index < -0.39 is 0 Å². The molecule has 1 aromatic carbocycles. The zero-order valence-corrected chi connectivity index (χ0v) is 9.69. The van der Waals surface area contributed by atoms with Gasteiger partial charge in [0.15, 0.2) is 11.6 Å². The predicted molar refractivity (Wildman–Crippen MR) is 64.6 cm³/mol. The first-order valence-electron chi connectivity index (χ1n) is 5.54. The lowest BCUT2D eigenvalue weighted by atomic mass is 10.2. The Labute approximate surface area is 100 Å². The van der Waals surface area contributed by atoms with Gasteiger partial charge in [-0.05, 0) is 36.8 Å². The number of halogens is 1. The van der Waals surface area contributed by atoms with Gasteiger partial charge in [-0.25, -0.2) is 4.39 Å². The Balaban J connectivity index is 1.92. The number of rotatable bonds is 4. The average molecular weight is 231 g/mol. The van der Waals surface area contributed by atoms with Crippen LogP contribution in [0.1, 0.15) is 11.3 Å². The Morgan fingerprint density at radius 3 is 2.88 bits per heavy atom. The summed E-state index contributed by atoms with van der Waals surface area (Å²) in [5.74, 6) is -0.0162. The van der Waals surface area contributed by atoms with Gasteiger partial charge in [-0.1, -0.05) is 12.1 Å². The van der Waals surface area contributed by atoms with Gasteiger partial charge in [0.1, 0.15) is 0 Å². The van der Waals surface area contributed by atoms with Crippen molar-refractivity contribution in [2.75, 3.05) is 6.61 Å². The fraction of sp³-hybridized carbons (Fsp3) is 0.214. The SMILES string of the molecule is Cc1ccc(F)c(OCCc2ccccn2)c1. The van der Waals surface area contributed by atoms with E-state index in [2.05, 4.69) is 4.98 Å². The number of ether oxygens (including phenoxy) is 1. The topological polar surface area (TPSA) is 22.1 Å². The van der Waals surface area contributed by atoms with Gasteiger partial charge in [-0.15, -0.1) is 0 Å². The van der Waals surface area contributed by atoms with E-state index in [9.17, 15) is 4.39 Å². The zero-order chi connectivity index (χ0) is 12.1.